The number of nitrogens with zero attached hydrogens (tertiary/aromatic N) is 2. The lowest BCUT2D eigenvalue weighted by Crippen LogP contribution is -1.83. The van der Waals surface area contributed by atoms with Crippen molar-refractivity contribution >= 4 is 11.6 Å². The maximum atomic E-state index is 5.74. The van der Waals surface area contributed by atoms with Crippen LogP contribution < -0.4 is 4.74 Å². The van der Waals surface area contributed by atoms with Crippen molar-refractivity contribution in [3.8, 4) is 17.5 Å². The SMILES string of the molecule is COc1noc(-c2ccc(Cl)cc2)n1. The number of benzene rings is 1. The van der Waals surface area contributed by atoms with Crippen LogP contribution in [0.2, 0.25) is 5.02 Å². The van der Waals surface area contributed by atoms with Gasteiger partial charge in [0, 0.05) is 10.6 Å². The number of hydrogen-bond donors (Lipinski definition) is 0. The molecule has 0 fully saturated rings. The highest BCUT2D eigenvalue weighted by Gasteiger charge is 2.07. The Morgan fingerprint density at radius 2 is 2.00 bits per heavy atom. The van der Waals surface area contributed by atoms with Gasteiger partial charge in [0.25, 0.3) is 5.89 Å². The summed E-state index contributed by atoms with van der Waals surface area (Å²) >= 11 is 5.74. The molecule has 0 amide bonds. The highest BCUT2D eigenvalue weighted by molar-refractivity contribution is 6.30. The van der Waals surface area contributed by atoms with Crippen LogP contribution in [0.5, 0.6) is 6.01 Å². The van der Waals surface area contributed by atoms with E-state index in [0.29, 0.717) is 10.9 Å². The third-order valence-electron chi connectivity index (χ3n) is 1.68. The molecule has 0 saturated carbocycles. The van der Waals surface area contributed by atoms with Gasteiger partial charge in [-0.2, -0.15) is 4.98 Å². The highest BCUT2D eigenvalue weighted by Crippen LogP contribution is 2.20. The first-order valence-corrected chi connectivity index (χ1v) is 4.31. The van der Waals surface area contributed by atoms with Crippen molar-refractivity contribution in [3.05, 3.63) is 29.3 Å². The van der Waals surface area contributed by atoms with Gasteiger partial charge >= 0.3 is 6.01 Å². The molecule has 2 aromatic rings. The van der Waals surface area contributed by atoms with E-state index in [4.69, 9.17) is 20.9 Å². The Bertz CT molecular complexity index is 425. The Morgan fingerprint density at radius 3 is 2.57 bits per heavy atom. The highest BCUT2D eigenvalue weighted by atomic mass is 35.5. The van der Waals surface area contributed by atoms with Gasteiger partial charge in [0.2, 0.25) is 0 Å². The summed E-state index contributed by atoms with van der Waals surface area (Å²) in [4.78, 5) is 3.99. The molecule has 0 aliphatic carbocycles. The maximum absolute atomic E-state index is 5.74. The van der Waals surface area contributed by atoms with Gasteiger partial charge in [0.1, 0.15) is 0 Å². The van der Waals surface area contributed by atoms with Crippen LogP contribution in [0.3, 0.4) is 0 Å². The molecule has 14 heavy (non-hydrogen) atoms. The first-order chi connectivity index (χ1) is 6.79. The van der Waals surface area contributed by atoms with Crippen LogP contribution >= 0.6 is 11.6 Å². The molecular formula is C9H7ClN2O2. The lowest BCUT2D eigenvalue weighted by molar-refractivity contribution is 0.338. The smallest absolute Gasteiger partial charge is 0.354 e. The van der Waals surface area contributed by atoms with Gasteiger partial charge in [0.15, 0.2) is 0 Å². The Hall–Kier alpha value is -1.55. The van der Waals surface area contributed by atoms with Gasteiger partial charge in [0.05, 0.1) is 7.11 Å². The zero-order valence-corrected chi connectivity index (χ0v) is 8.15. The van der Waals surface area contributed by atoms with E-state index >= 15 is 0 Å². The summed E-state index contributed by atoms with van der Waals surface area (Å²) in [7, 11) is 1.48. The molecule has 0 spiro atoms. The van der Waals surface area contributed by atoms with E-state index in [1.165, 1.54) is 7.11 Å². The molecule has 2 rings (SSSR count). The van der Waals surface area contributed by atoms with Crippen LogP contribution in [0.1, 0.15) is 0 Å². The van der Waals surface area contributed by atoms with Gasteiger partial charge in [-0.25, -0.2) is 0 Å². The molecular weight excluding hydrogens is 204 g/mol. The summed E-state index contributed by atoms with van der Waals surface area (Å²) in [5, 5.41) is 4.26. The van der Waals surface area contributed by atoms with Crippen molar-refractivity contribution in [1.29, 1.82) is 0 Å². The molecule has 0 bridgehead atoms. The fourth-order valence-electron chi connectivity index (χ4n) is 1.00. The lowest BCUT2D eigenvalue weighted by Gasteiger charge is -1.92. The average molecular weight is 211 g/mol. The molecule has 0 unspecified atom stereocenters. The number of methoxy groups -OCH3 is 1. The quantitative estimate of drug-likeness (QED) is 0.764. The van der Waals surface area contributed by atoms with E-state index in [2.05, 4.69) is 10.1 Å². The fraction of sp³-hybridized carbons (Fsp3) is 0.111. The molecule has 1 aromatic heterocycles. The minimum Gasteiger partial charge on any atom is -0.465 e. The van der Waals surface area contributed by atoms with E-state index in [1.54, 1.807) is 24.3 Å². The number of rotatable bonds is 2. The van der Waals surface area contributed by atoms with Gasteiger partial charge < -0.3 is 9.26 Å². The van der Waals surface area contributed by atoms with Crippen molar-refractivity contribution in [2.75, 3.05) is 7.11 Å². The summed E-state index contributed by atoms with van der Waals surface area (Å²) in [5.41, 5.74) is 0.810. The van der Waals surface area contributed by atoms with E-state index in [0.717, 1.165) is 5.56 Å². The molecule has 72 valence electrons. The molecule has 0 aliphatic rings. The summed E-state index contributed by atoms with van der Waals surface area (Å²) in [6.07, 6.45) is 0. The number of aromatic nitrogens is 2. The Balaban J connectivity index is 2.34. The van der Waals surface area contributed by atoms with Crippen molar-refractivity contribution < 1.29 is 9.26 Å². The molecule has 0 radical (unpaired) electrons. The average Bonchev–Trinajstić information content (AvgIpc) is 2.67. The summed E-state index contributed by atoms with van der Waals surface area (Å²) in [5.74, 6) is 0.415. The first kappa shape index (κ1) is 9.02. The normalized spacial score (nSPS) is 10.1. The van der Waals surface area contributed by atoms with Crippen molar-refractivity contribution in [1.82, 2.24) is 10.1 Å². The molecule has 0 saturated heterocycles. The number of hydrogen-bond acceptors (Lipinski definition) is 4. The number of halogens is 1. The van der Waals surface area contributed by atoms with Gasteiger partial charge in [-0.15, -0.1) is 0 Å². The van der Waals surface area contributed by atoms with Gasteiger partial charge in [-0.3, -0.25) is 0 Å². The second kappa shape index (κ2) is 3.67. The Labute approximate surface area is 85.5 Å². The Kier molecular flexibility index (Phi) is 2.37. The van der Waals surface area contributed by atoms with Crippen LogP contribution in [-0.2, 0) is 0 Å². The predicted octanol–water partition coefficient (Wildman–Crippen LogP) is 2.40. The van der Waals surface area contributed by atoms with Crippen LogP contribution in [0, 0.1) is 0 Å². The van der Waals surface area contributed by atoms with Crippen LogP contribution in [0.15, 0.2) is 28.8 Å². The van der Waals surface area contributed by atoms with Crippen molar-refractivity contribution in [3.63, 3.8) is 0 Å². The first-order valence-electron chi connectivity index (χ1n) is 3.93. The van der Waals surface area contributed by atoms with Crippen molar-refractivity contribution in [2.24, 2.45) is 0 Å². The van der Waals surface area contributed by atoms with Crippen molar-refractivity contribution in [2.45, 2.75) is 0 Å². The lowest BCUT2D eigenvalue weighted by atomic mass is 10.2. The van der Waals surface area contributed by atoms with E-state index in [1.807, 2.05) is 0 Å². The number of ether oxygens (including phenoxy) is 1. The van der Waals surface area contributed by atoms with Gasteiger partial charge in [-0.05, 0) is 29.4 Å². The second-order valence-electron chi connectivity index (χ2n) is 2.59. The zero-order valence-electron chi connectivity index (χ0n) is 7.40. The van der Waals surface area contributed by atoms with E-state index < -0.39 is 0 Å². The monoisotopic (exact) mass is 210 g/mol. The molecule has 4 nitrogen and oxygen atoms in total. The molecule has 1 aromatic carbocycles. The Morgan fingerprint density at radius 1 is 1.29 bits per heavy atom. The maximum Gasteiger partial charge on any atom is 0.354 e. The van der Waals surface area contributed by atoms with Crippen LogP contribution in [-0.4, -0.2) is 17.3 Å². The van der Waals surface area contributed by atoms with Crippen LogP contribution in [0.25, 0.3) is 11.5 Å². The molecule has 0 atom stereocenters. The van der Waals surface area contributed by atoms with E-state index in [-0.39, 0.29) is 6.01 Å². The predicted molar refractivity (Wildman–Crippen MR) is 51.3 cm³/mol. The fourth-order valence-corrected chi connectivity index (χ4v) is 1.13. The minimum absolute atomic E-state index is 0.218. The van der Waals surface area contributed by atoms with E-state index in [9.17, 15) is 0 Å². The molecule has 0 N–H and O–H groups in total. The molecule has 5 heteroatoms. The zero-order chi connectivity index (χ0) is 9.97. The summed E-state index contributed by atoms with van der Waals surface area (Å²) < 4.78 is 9.75. The summed E-state index contributed by atoms with van der Waals surface area (Å²) in [6, 6.07) is 7.33. The second-order valence-corrected chi connectivity index (χ2v) is 3.03. The molecule has 0 aliphatic heterocycles. The van der Waals surface area contributed by atoms with Crippen LogP contribution in [0.4, 0.5) is 0 Å². The third-order valence-corrected chi connectivity index (χ3v) is 1.93. The molecule has 1 heterocycles. The standard InChI is InChI=1S/C9H7ClN2O2/c1-13-9-11-8(14-12-9)6-2-4-7(10)5-3-6/h2-5H,1H3. The van der Waals surface area contributed by atoms with Gasteiger partial charge in [-0.1, -0.05) is 11.6 Å². The largest absolute Gasteiger partial charge is 0.465 e. The summed E-state index contributed by atoms with van der Waals surface area (Å²) in [6.45, 7) is 0. The third kappa shape index (κ3) is 1.70. The minimum atomic E-state index is 0.218. The topological polar surface area (TPSA) is 48.2 Å².